The molecular weight excluding hydrogens is 300 g/mol. The highest BCUT2D eigenvalue weighted by Crippen LogP contribution is 2.37. The fourth-order valence-corrected chi connectivity index (χ4v) is 3.01. The molecule has 1 unspecified atom stereocenters. The molecule has 0 bridgehead atoms. The van der Waals surface area contributed by atoms with Gasteiger partial charge < -0.3 is 14.9 Å². The molecule has 0 aliphatic carbocycles. The van der Waals surface area contributed by atoms with Crippen molar-refractivity contribution in [1.29, 1.82) is 0 Å². The van der Waals surface area contributed by atoms with E-state index in [9.17, 15) is 15.0 Å². The van der Waals surface area contributed by atoms with E-state index in [0.717, 1.165) is 4.88 Å². The number of phenolic OH excluding ortho intramolecular Hbond substituents is 1. The molecular formula is C14H13ClO4S. The van der Waals surface area contributed by atoms with E-state index in [0.29, 0.717) is 10.6 Å². The molecule has 2 N–H and O–H groups in total. The molecule has 0 amide bonds. The molecule has 1 aromatic heterocycles. The summed E-state index contributed by atoms with van der Waals surface area (Å²) >= 11 is 7.32. The third-order valence-electron chi connectivity index (χ3n) is 2.95. The summed E-state index contributed by atoms with van der Waals surface area (Å²) in [6, 6.07) is 6.61. The minimum absolute atomic E-state index is 0.0697. The maximum absolute atomic E-state index is 11.4. The Morgan fingerprint density at radius 3 is 2.80 bits per heavy atom. The van der Waals surface area contributed by atoms with Crippen LogP contribution < -0.4 is 4.74 Å². The minimum atomic E-state index is -0.939. The quantitative estimate of drug-likeness (QED) is 0.886. The molecule has 0 saturated heterocycles. The van der Waals surface area contributed by atoms with Crippen LogP contribution in [-0.2, 0) is 11.2 Å². The Balaban J connectivity index is 2.37. The maximum Gasteiger partial charge on any atom is 0.312 e. The maximum atomic E-state index is 11.4. The zero-order chi connectivity index (χ0) is 14.7. The molecule has 20 heavy (non-hydrogen) atoms. The molecule has 106 valence electrons. The zero-order valence-electron chi connectivity index (χ0n) is 10.7. The van der Waals surface area contributed by atoms with Gasteiger partial charge in [-0.1, -0.05) is 17.7 Å². The third kappa shape index (κ3) is 3.05. The van der Waals surface area contributed by atoms with Crippen LogP contribution in [0.3, 0.4) is 0 Å². The second kappa shape index (κ2) is 6.15. The first kappa shape index (κ1) is 14.7. The second-order valence-electron chi connectivity index (χ2n) is 4.23. The van der Waals surface area contributed by atoms with Gasteiger partial charge in [-0.3, -0.25) is 4.79 Å². The summed E-state index contributed by atoms with van der Waals surface area (Å²) in [6.45, 7) is 0. The first-order valence-electron chi connectivity index (χ1n) is 5.84. The van der Waals surface area contributed by atoms with Crippen LogP contribution in [0.2, 0.25) is 5.02 Å². The number of thiophene rings is 1. The number of phenols is 1. The Labute approximate surface area is 125 Å². The lowest BCUT2D eigenvalue weighted by molar-refractivity contribution is -0.138. The Morgan fingerprint density at radius 2 is 2.25 bits per heavy atom. The number of aliphatic carboxylic acids is 1. The second-order valence-corrected chi connectivity index (χ2v) is 5.64. The van der Waals surface area contributed by atoms with Crippen molar-refractivity contribution in [2.45, 2.75) is 12.3 Å². The van der Waals surface area contributed by atoms with Crippen molar-refractivity contribution in [3.05, 3.63) is 45.1 Å². The van der Waals surface area contributed by atoms with Crippen LogP contribution in [-0.4, -0.2) is 23.3 Å². The number of ether oxygens (including phenoxy) is 1. The fourth-order valence-electron chi connectivity index (χ4n) is 1.96. The van der Waals surface area contributed by atoms with Crippen LogP contribution >= 0.6 is 22.9 Å². The van der Waals surface area contributed by atoms with Crippen molar-refractivity contribution >= 4 is 28.9 Å². The number of aromatic hydroxyl groups is 1. The monoisotopic (exact) mass is 312 g/mol. The Kier molecular flexibility index (Phi) is 4.52. The third-order valence-corrected chi connectivity index (χ3v) is 4.15. The smallest absolute Gasteiger partial charge is 0.312 e. The summed E-state index contributed by atoms with van der Waals surface area (Å²) in [5, 5.41) is 21.6. The van der Waals surface area contributed by atoms with Gasteiger partial charge >= 0.3 is 5.97 Å². The summed E-state index contributed by atoms with van der Waals surface area (Å²) in [5.74, 6) is -1.49. The highest BCUT2D eigenvalue weighted by atomic mass is 35.5. The number of benzene rings is 1. The number of hydrogen-bond donors (Lipinski definition) is 2. The average Bonchev–Trinajstić information content (AvgIpc) is 2.92. The fraction of sp³-hybridized carbons (Fsp3) is 0.214. The van der Waals surface area contributed by atoms with Gasteiger partial charge in [0.25, 0.3) is 0 Å². The van der Waals surface area contributed by atoms with E-state index >= 15 is 0 Å². The van der Waals surface area contributed by atoms with Crippen molar-refractivity contribution in [1.82, 2.24) is 0 Å². The Hall–Kier alpha value is -1.72. The molecule has 2 rings (SSSR count). The van der Waals surface area contributed by atoms with Crippen LogP contribution in [0.4, 0.5) is 0 Å². The van der Waals surface area contributed by atoms with Gasteiger partial charge in [0.2, 0.25) is 0 Å². The normalized spacial score (nSPS) is 12.1. The van der Waals surface area contributed by atoms with Crippen LogP contribution in [0.15, 0.2) is 29.6 Å². The number of methoxy groups -OCH3 is 1. The van der Waals surface area contributed by atoms with Gasteiger partial charge in [-0.05, 0) is 23.9 Å². The number of hydrogen-bond acceptors (Lipinski definition) is 4. The SMILES string of the molecule is COc1cc(Cl)cc(CC(C(=O)O)c2cccs2)c1O. The molecule has 1 heterocycles. The summed E-state index contributed by atoms with van der Waals surface area (Å²) in [4.78, 5) is 12.1. The lowest BCUT2D eigenvalue weighted by Gasteiger charge is -2.14. The van der Waals surface area contributed by atoms with Gasteiger partial charge in [-0.15, -0.1) is 11.3 Å². The predicted octanol–water partition coefficient (Wildman–Crippen LogP) is 3.53. The predicted molar refractivity (Wildman–Crippen MR) is 78.1 cm³/mol. The van der Waals surface area contributed by atoms with Crippen molar-refractivity contribution < 1.29 is 19.7 Å². The summed E-state index contributed by atoms with van der Waals surface area (Å²) in [5.41, 5.74) is 0.454. The molecule has 1 atom stereocenters. The summed E-state index contributed by atoms with van der Waals surface area (Å²) in [7, 11) is 1.42. The van der Waals surface area contributed by atoms with Gasteiger partial charge in [0.1, 0.15) is 0 Å². The standard InChI is InChI=1S/C14H13ClO4S/c1-19-11-7-9(15)5-8(13(11)16)6-10(14(17)18)12-3-2-4-20-12/h2-5,7,10,16H,6H2,1H3,(H,17,18). The van der Waals surface area contributed by atoms with Gasteiger partial charge in [0.05, 0.1) is 13.0 Å². The molecule has 0 fully saturated rings. The van der Waals surface area contributed by atoms with Crippen molar-refractivity contribution in [2.24, 2.45) is 0 Å². The molecule has 1 aromatic carbocycles. The molecule has 4 nitrogen and oxygen atoms in total. The number of rotatable bonds is 5. The molecule has 6 heteroatoms. The molecule has 0 radical (unpaired) electrons. The van der Waals surface area contributed by atoms with E-state index in [2.05, 4.69) is 0 Å². The number of carbonyl (C=O) groups is 1. The molecule has 0 saturated carbocycles. The van der Waals surface area contributed by atoms with E-state index in [1.165, 1.54) is 24.5 Å². The number of carboxylic acid groups (broad SMARTS) is 1. The lowest BCUT2D eigenvalue weighted by atomic mass is 9.97. The topological polar surface area (TPSA) is 66.8 Å². The van der Waals surface area contributed by atoms with E-state index in [1.54, 1.807) is 18.2 Å². The van der Waals surface area contributed by atoms with Crippen LogP contribution in [0.1, 0.15) is 16.4 Å². The van der Waals surface area contributed by atoms with E-state index in [-0.39, 0.29) is 17.9 Å². The van der Waals surface area contributed by atoms with Gasteiger partial charge in [0, 0.05) is 21.5 Å². The number of halogens is 1. The van der Waals surface area contributed by atoms with Crippen molar-refractivity contribution in [3.8, 4) is 11.5 Å². The van der Waals surface area contributed by atoms with E-state index in [4.69, 9.17) is 16.3 Å². The van der Waals surface area contributed by atoms with Gasteiger partial charge in [-0.2, -0.15) is 0 Å². The summed E-state index contributed by atoms with van der Waals surface area (Å²) in [6.07, 6.45) is 0.151. The number of carboxylic acids is 1. The van der Waals surface area contributed by atoms with Crippen LogP contribution in [0.25, 0.3) is 0 Å². The summed E-state index contributed by atoms with van der Waals surface area (Å²) < 4.78 is 5.02. The van der Waals surface area contributed by atoms with E-state index in [1.807, 2.05) is 5.38 Å². The van der Waals surface area contributed by atoms with Gasteiger partial charge in [-0.25, -0.2) is 0 Å². The Morgan fingerprint density at radius 1 is 1.50 bits per heavy atom. The minimum Gasteiger partial charge on any atom is -0.504 e. The molecule has 0 aliphatic rings. The van der Waals surface area contributed by atoms with Crippen molar-refractivity contribution in [3.63, 3.8) is 0 Å². The highest BCUT2D eigenvalue weighted by molar-refractivity contribution is 7.10. The van der Waals surface area contributed by atoms with Crippen molar-refractivity contribution in [2.75, 3.05) is 7.11 Å². The largest absolute Gasteiger partial charge is 0.504 e. The molecule has 0 spiro atoms. The first-order valence-corrected chi connectivity index (χ1v) is 7.10. The lowest BCUT2D eigenvalue weighted by Crippen LogP contribution is -2.13. The average molecular weight is 313 g/mol. The molecule has 0 aliphatic heterocycles. The van der Waals surface area contributed by atoms with E-state index < -0.39 is 11.9 Å². The highest BCUT2D eigenvalue weighted by Gasteiger charge is 2.24. The zero-order valence-corrected chi connectivity index (χ0v) is 12.2. The Bertz CT molecular complexity index is 610. The molecule has 2 aromatic rings. The van der Waals surface area contributed by atoms with Crippen LogP contribution in [0.5, 0.6) is 11.5 Å². The van der Waals surface area contributed by atoms with Crippen LogP contribution in [0, 0.1) is 0 Å². The first-order chi connectivity index (χ1) is 9.52. The van der Waals surface area contributed by atoms with Gasteiger partial charge in [0.15, 0.2) is 11.5 Å².